The van der Waals surface area contributed by atoms with E-state index in [0.29, 0.717) is 11.8 Å². The topological polar surface area (TPSA) is 44.5 Å². The summed E-state index contributed by atoms with van der Waals surface area (Å²) in [5.41, 5.74) is 9.27. The summed E-state index contributed by atoms with van der Waals surface area (Å²) in [6.07, 6.45) is 2.23. The van der Waals surface area contributed by atoms with E-state index < -0.39 is 0 Å². The molecule has 0 saturated heterocycles. The molecule has 0 aliphatic heterocycles. The molecule has 0 heterocycles. The van der Waals surface area contributed by atoms with Gasteiger partial charge >= 0.3 is 0 Å². The highest BCUT2D eigenvalue weighted by Gasteiger charge is 2.31. The largest absolute Gasteiger partial charge is 0.493 e. The van der Waals surface area contributed by atoms with Crippen molar-refractivity contribution in [2.75, 3.05) is 6.61 Å². The molecule has 0 unspecified atom stereocenters. The van der Waals surface area contributed by atoms with E-state index >= 15 is 0 Å². The number of aryl methyl sites for hydroxylation is 1. The molecule has 0 radical (unpaired) electrons. The van der Waals surface area contributed by atoms with Gasteiger partial charge in [-0.15, -0.1) is 0 Å². The van der Waals surface area contributed by atoms with Gasteiger partial charge in [0.25, 0.3) is 0 Å². The molecule has 0 bridgehead atoms. The first kappa shape index (κ1) is 13.8. The van der Waals surface area contributed by atoms with Crippen molar-refractivity contribution < 1.29 is 9.47 Å². The third-order valence-corrected chi connectivity index (χ3v) is 3.99. The second-order valence-electron chi connectivity index (χ2n) is 5.49. The number of rotatable bonds is 5. The maximum absolute atomic E-state index is 5.92. The molecule has 0 atom stereocenters. The predicted molar refractivity (Wildman–Crippen MR) is 77.1 cm³/mol. The van der Waals surface area contributed by atoms with Crippen molar-refractivity contribution in [3.63, 3.8) is 0 Å². The van der Waals surface area contributed by atoms with E-state index in [9.17, 15) is 0 Å². The lowest BCUT2D eigenvalue weighted by Crippen LogP contribution is -2.35. The Hall–Kier alpha value is -1.64. The van der Waals surface area contributed by atoms with Crippen molar-refractivity contribution in [2.24, 2.45) is 11.7 Å². The molecule has 1 aliphatic rings. The normalized spacial score (nSPS) is 21.6. The number of nitrogens with two attached hydrogens (primary N) is 1. The van der Waals surface area contributed by atoms with E-state index in [1.165, 1.54) is 16.7 Å². The molecule has 1 aliphatic carbocycles. The van der Waals surface area contributed by atoms with Crippen molar-refractivity contribution >= 4 is 0 Å². The van der Waals surface area contributed by atoms with Gasteiger partial charge in [-0.05, 0) is 68.9 Å². The van der Waals surface area contributed by atoms with Gasteiger partial charge < -0.3 is 15.2 Å². The van der Waals surface area contributed by atoms with Crippen LogP contribution in [0.5, 0.6) is 5.75 Å². The summed E-state index contributed by atoms with van der Waals surface area (Å²) >= 11 is 0. The molecule has 2 N–H and O–H groups in total. The lowest BCUT2D eigenvalue weighted by atomic mass is 9.83. The number of benzene rings is 1. The Morgan fingerprint density at radius 2 is 1.95 bits per heavy atom. The zero-order valence-electron chi connectivity index (χ0n) is 12.0. The minimum absolute atomic E-state index is 0.229. The third kappa shape index (κ3) is 3.22. The second-order valence-corrected chi connectivity index (χ2v) is 5.49. The predicted octanol–water partition coefficient (Wildman–Crippen LogP) is 3.22. The molecular formula is C16H23NO2. The van der Waals surface area contributed by atoms with Gasteiger partial charge in [-0.1, -0.05) is 6.07 Å². The fraction of sp³-hybridized carbons (Fsp3) is 0.500. The van der Waals surface area contributed by atoms with Gasteiger partial charge in [-0.2, -0.15) is 0 Å². The van der Waals surface area contributed by atoms with Crippen LogP contribution in [0.2, 0.25) is 0 Å². The minimum atomic E-state index is 0.229. The zero-order chi connectivity index (χ0) is 14.0. The highest BCUT2D eigenvalue weighted by atomic mass is 16.5. The van der Waals surface area contributed by atoms with Crippen LogP contribution in [-0.2, 0) is 4.74 Å². The van der Waals surface area contributed by atoms with Crippen LogP contribution in [0.3, 0.4) is 0 Å². The van der Waals surface area contributed by atoms with Gasteiger partial charge in [0.1, 0.15) is 11.9 Å². The van der Waals surface area contributed by atoms with Crippen LogP contribution in [0.1, 0.15) is 29.5 Å². The van der Waals surface area contributed by atoms with Gasteiger partial charge in [0, 0.05) is 0 Å². The maximum Gasteiger partial charge on any atom is 0.176 e. The summed E-state index contributed by atoms with van der Waals surface area (Å²) in [5, 5.41) is 0. The van der Waals surface area contributed by atoms with Crippen LogP contribution in [0, 0.1) is 26.7 Å². The summed E-state index contributed by atoms with van der Waals surface area (Å²) in [4.78, 5) is 0. The van der Waals surface area contributed by atoms with E-state index in [4.69, 9.17) is 15.2 Å². The van der Waals surface area contributed by atoms with Crippen LogP contribution in [-0.4, -0.2) is 12.7 Å². The SMILES string of the molecule is C=C(N)O[C@H]1C[C@@H](COc2ccc(C)c(C)c2C)C1. The van der Waals surface area contributed by atoms with Gasteiger partial charge in [-0.3, -0.25) is 0 Å². The maximum atomic E-state index is 5.92. The first-order valence-electron chi connectivity index (χ1n) is 6.78. The van der Waals surface area contributed by atoms with Crippen LogP contribution in [0.25, 0.3) is 0 Å². The van der Waals surface area contributed by atoms with Crippen molar-refractivity contribution in [1.29, 1.82) is 0 Å². The van der Waals surface area contributed by atoms with E-state index in [2.05, 4.69) is 39.5 Å². The zero-order valence-corrected chi connectivity index (χ0v) is 12.0. The summed E-state index contributed by atoms with van der Waals surface area (Å²) in [6, 6.07) is 4.18. The van der Waals surface area contributed by atoms with Gasteiger partial charge in [0.05, 0.1) is 6.61 Å². The molecule has 1 saturated carbocycles. The van der Waals surface area contributed by atoms with E-state index in [1.54, 1.807) is 0 Å². The van der Waals surface area contributed by atoms with Crippen molar-refractivity contribution in [3.05, 3.63) is 41.3 Å². The van der Waals surface area contributed by atoms with Crippen LogP contribution < -0.4 is 10.5 Å². The van der Waals surface area contributed by atoms with Crippen LogP contribution >= 0.6 is 0 Å². The summed E-state index contributed by atoms with van der Waals surface area (Å²) in [7, 11) is 0. The van der Waals surface area contributed by atoms with E-state index in [0.717, 1.165) is 25.2 Å². The molecular weight excluding hydrogens is 238 g/mol. The molecule has 2 rings (SSSR count). The van der Waals surface area contributed by atoms with Crippen LogP contribution in [0.15, 0.2) is 24.6 Å². The first-order valence-corrected chi connectivity index (χ1v) is 6.78. The number of ether oxygens (including phenoxy) is 2. The van der Waals surface area contributed by atoms with E-state index in [1.807, 2.05) is 0 Å². The van der Waals surface area contributed by atoms with Crippen molar-refractivity contribution in [3.8, 4) is 5.75 Å². The molecule has 3 heteroatoms. The van der Waals surface area contributed by atoms with Gasteiger partial charge in [0.2, 0.25) is 0 Å². The third-order valence-electron chi connectivity index (χ3n) is 3.99. The lowest BCUT2D eigenvalue weighted by Gasteiger charge is -2.35. The average molecular weight is 261 g/mol. The van der Waals surface area contributed by atoms with E-state index in [-0.39, 0.29) is 6.10 Å². The molecule has 0 aromatic heterocycles. The monoisotopic (exact) mass is 261 g/mol. The van der Waals surface area contributed by atoms with Crippen LogP contribution in [0.4, 0.5) is 0 Å². The molecule has 1 aromatic carbocycles. The fourth-order valence-corrected chi connectivity index (χ4v) is 2.42. The van der Waals surface area contributed by atoms with Crippen molar-refractivity contribution in [1.82, 2.24) is 0 Å². The second kappa shape index (κ2) is 5.55. The summed E-state index contributed by atoms with van der Waals surface area (Å²) < 4.78 is 11.3. The minimum Gasteiger partial charge on any atom is -0.493 e. The quantitative estimate of drug-likeness (QED) is 0.828. The molecule has 1 aromatic rings. The van der Waals surface area contributed by atoms with Gasteiger partial charge in [-0.25, -0.2) is 0 Å². The highest BCUT2D eigenvalue weighted by molar-refractivity contribution is 5.42. The average Bonchev–Trinajstić information content (AvgIpc) is 2.30. The lowest BCUT2D eigenvalue weighted by molar-refractivity contribution is -0.00637. The first-order chi connectivity index (χ1) is 8.97. The molecule has 0 spiro atoms. The highest BCUT2D eigenvalue weighted by Crippen LogP contribution is 2.32. The van der Waals surface area contributed by atoms with Crippen molar-refractivity contribution in [2.45, 2.75) is 39.7 Å². The Bertz CT molecular complexity index is 476. The molecule has 104 valence electrons. The Morgan fingerprint density at radius 3 is 2.58 bits per heavy atom. The molecule has 3 nitrogen and oxygen atoms in total. The van der Waals surface area contributed by atoms with Gasteiger partial charge in [0.15, 0.2) is 5.88 Å². The Labute approximate surface area is 115 Å². The number of hydrogen-bond acceptors (Lipinski definition) is 3. The Kier molecular flexibility index (Phi) is 4.03. The smallest absolute Gasteiger partial charge is 0.176 e. The molecule has 0 amide bonds. The Balaban J connectivity index is 1.82. The Morgan fingerprint density at radius 1 is 1.26 bits per heavy atom. The fourth-order valence-electron chi connectivity index (χ4n) is 2.42. The standard InChI is InChI=1S/C16H23NO2/c1-10-5-6-16(12(3)11(10)2)18-9-14-7-15(8-14)19-13(4)17/h5-6,14-15H,4,7-9,17H2,1-3H3/t14-,15+. The molecule has 19 heavy (non-hydrogen) atoms. The number of hydrogen-bond donors (Lipinski definition) is 1. The summed E-state index contributed by atoms with van der Waals surface area (Å²) in [6.45, 7) is 10.7. The molecule has 1 fully saturated rings. The summed E-state index contributed by atoms with van der Waals surface area (Å²) in [5.74, 6) is 1.87.